The fraction of sp³-hybridized carbons (Fsp3) is 0.286. The largest absolute Gasteiger partial charge is 0.507 e. The van der Waals surface area contributed by atoms with Crippen LogP contribution in [0.1, 0.15) is 63.0 Å². The van der Waals surface area contributed by atoms with Crippen LogP contribution in [-0.2, 0) is 16.3 Å². The monoisotopic (exact) mass is 533 g/mol. The first-order valence-electron chi connectivity index (χ1n) is 12.4. The number of aromatic hydroxyl groups is 1. The van der Waals surface area contributed by atoms with Gasteiger partial charge in [-0.15, -0.1) is 0 Å². The van der Waals surface area contributed by atoms with Gasteiger partial charge in [0, 0.05) is 41.4 Å². The molecule has 2 heterocycles. The molecule has 0 spiro atoms. The van der Waals surface area contributed by atoms with Gasteiger partial charge in [0.25, 0.3) is 17.4 Å². The van der Waals surface area contributed by atoms with E-state index in [1.807, 2.05) is 56.3 Å². The molecule has 1 aliphatic heterocycles. The molecule has 1 aromatic heterocycles. The van der Waals surface area contributed by atoms with Crippen molar-refractivity contribution in [2.24, 2.45) is 0 Å². The van der Waals surface area contributed by atoms with Crippen molar-refractivity contribution >= 4 is 29.5 Å². The number of carboxylic acid groups (broad SMARTS) is 1. The quantitative estimate of drug-likeness (QED) is 0.317. The number of nitrogens with one attached hydrogen (secondary N) is 1. The molecule has 0 radical (unpaired) electrons. The first kappa shape index (κ1) is 25.6. The summed E-state index contributed by atoms with van der Waals surface area (Å²) in [6.45, 7) is 4.21. The lowest BCUT2D eigenvalue weighted by molar-refractivity contribution is -0.135. The molecule has 1 unspecified atom stereocenters. The maximum atomic E-state index is 13.9. The zero-order chi connectivity index (χ0) is 27.1. The number of hydrogen-bond donors (Lipinski definition) is 3. The molecule has 0 fully saturated rings. The average molecular weight is 534 g/mol. The molecule has 2 aromatic carbocycles. The van der Waals surface area contributed by atoms with Crippen molar-refractivity contribution in [1.82, 2.24) is 14.8 Å². The summed E-state index contributed by atoms with van der Waals surface area (Å²) < 4.78 is 1.51. The van der Waals surface area contributed by atoms with Crippen LogP contribution in [-0.4, -0.2) is 57.1 Å². The molecular weight excluding hydrogens is 506 g/mol. The van der Waals surface area contributed by atoms with Gasteiger partial charge >= 0.3 is 5.97 Å². The van der Waals surface area contributed by atoms with Gasteiger partial charge in [-0.05, 0) is 30.5 Å². The molecule has 0 saturated carbocycles. The Morgan fingerprint density at radius 3 is 2.42 bits per heavy atom. The van der Waals surface area contributed by atoms with Crippen molar-refractivity contribution in [2.45, 2.75) is 31.4 Å². The number of aromatic nitrogens is 1. The summed E-state index contributed by atoms with van der Waals surface area (Å²) in [5.74, 6) is -1.90. The van der Waals surface area contributed by atoms with Crippen LogP contribution in [0.2, 0.25) is 0 Å². The molecular formula is C28H27N3O6S. The Kier molecular flexibility index (Phi) is 6.75. The summed E-state index contributed by atoms with van der Waals surface area (Å²) in [4.78, 5) is 53.1. The Morgan fingerprint density at radius 2 is 1.76 bits per heavy atom. The van der Waals surface area contributed by atoms with Gasteiger partial charge in [0.15, 0.2) is 0 Å². The molecule has 10 heteroatoms. The lowest BCUT2D eigenvalue weighted by Crippen LogP contribution is -2.43. The number of benzene rings is 2. The van der Waals surface area contributed by atoms with Gasteiger partial charge in [-0.3, -0.25) is 23.7 Å². The van der Waals surface area contributed by atoms with E-state index in [0.29, 0.717) is 52.5 Å². The van der Waals surface area contributed by atoms with Crippen LogP contribution in [0.5, 0.6) is 5.75 Å². The second kappa shape index (κ2) is 10.0. The van der Waals surface area contributed by atoms with E-state index in [1.165, 1.54) is 16.3 Å². The highest BCUT2D eigenvalue weighted by Crippen LogP contribution is 2.50. The van der Waals surface area contributed by atoms with Crippen LogP contribution in [0.15, 0.2) is 47.3 Å². The summed E-state index contributed by atoms with van der Waals surface area (Å²) >= 11 is 1.50. The first-order valence-corrected chi connectivity index (χ1v) is 13.5. The van der Waals surface area contributed by atoms with Gasteiger partial charge in [-0.2, -0.15) is 11.8 Å². The Labute approximate surface area is 223 Å². The van der Waals surface area contributed by atoms with Crippen molar-refractivity contribution in [2.75, 3.05) is 19.6 Å². The van der Waals surface area contributed by atoms with E-state index in [-0.39, 0.29) is 5.91 Å². The van der Waals surface area contributed by atoms with Crippen molar-refractivity contribution < 1.29 is 24.6 Å². The topological polar surface area (TPSA) is 129 Å². The van der Waals surface area contributed by atoms with E-state index in [1.54, 1.807) is 4.90 Å². The number of amides is 2. The van der Waals surface area contributed by atoms with Crippen LogP contribution in [0.3, 0.4) is 0 Å². The fourth-order valence-corrected chi connectivity index (χ4v) is 6.44. The van der Waals surface area contributed by atoms with Gasteiger partial charge in [0.2, 0.25) is 0 Å². The molecule has 2 amide bonds. The number of rotatable bonds is 8. The highest BCUT2D eigenvalue weighted by atomic mass is 32.2. The minimum atomic E-state index is -1.27. The Hall–Kier alpha value is -4.05. The summed E-state index contributed by atoms with van der Waals surface area (Å²) in [6.07, 6.45) is 0. The third-order valence-electron chi connectivity index (χ3n) is 7.16. The van der Waals surface area contributed by atoms with Gasteiger partial charge in [0.05, 0.1) is 11.6 Å². The van der Waals surface area contributed by atoms with Crippen molar-refractivity contribution in [3.63, 3.8) is 0 Å². The highest BCUT2D eigenvalue weighted by molar-refractivity contribution is 7.98. The maximum Gasteiger partial charge on any atom is 0.322 e. The van der Waals surface area contributed by atoms with Crippen LogP contribution >= 0.6 is 11.8 Å². The Bertz CT molecular complexity index is 1530. The highest BCUT2D eigenvalue weighted by Gasteiger charge is 2.43. The van der Waals surface area contributed by atoms with E-state index in [2.05, 4.69) is 5.32 Å². The summed E-state index contributed by atoms with van der Waals surface area (Å²) in [5, 5.41) is 22.1. The molecule has 2 bridgehead atoms. The number of nitrogens with zero attached hydrogens (tertiary/aromatic N) is 2. The lowest BCUT2D eigenvalue weighted by atomic mass is 9.73. The van der Waals surface area contributed by atoms with E-state index in [4.69, 9.17) is 5.11 Å². The number of carboxylic acids is 1. The number of carbonyl (C=O) groups is 3. The predicted octanol–water partition coefficient (Wildman–Crippen LogP) is 3.22. The number of fused-ring (bicyclic) bond motifs is 3. The zero-order valence-electron chi connectivity index (χ0n) is 21.0. The second-order valence-electron chi connectivity index (χ2n) is 9.13. The normalized spacial score (nSPS) is 14.9. The number of pyridine rings is 1. The maximum absolute atomic E-state index is 13.9. The third kappa shape index (κ3) is 3.96. The Morgan fingerprint density at radius 1 is 1.05 bits per heavy atom. The fourth-order valence-electron chi connectivity index (χ4n) is 5.33. The molecule has 9 nitrogen and oxygen atoms in total. The second-order valence-corrected chi connectivity index (χ2v) is 10.1. The molecule has 196 valence electrons. The standard InChI is InChI=1S/C28H27N3O6S/c1-3-30(4-2)27(36)22-17-11-10-16(15-8-6-5-7-9-15)21(22)24(17)31-19-14-38-13-18(19)25(34)23(28(31)37)26(35)29-12-20(32)33/h5-11,24,34H,3-4,12-14H2,1-2H3,(H,29,35)(H,32,33). The van der Waals surface area contributed by atoms with Crippen LogP contribution < -0.4 is 10.9 Å². The summed E-state index contributed by atoms with van der Waals surface area (Å²) in [6, 6.07) is 12.8. The predicted molar refractivity (Wildman–Crippen MR) is 144 cm³/mol. The Balaban J connectivity index is 1.73. The molecule has 1 atom stereocenters. The smallest absolute Gasteiger partial charge is 0.322 e. The zero-order valence-corrected chi connectivity index (χ0v) is 21.8. The number of aliphatic carboxylic acids is 1. The lowest BCUT2D eigenvalue weighted by Gasteiger charge is -2.39. The van der Waals surface area contributed by atoms with E-state index in [0.717, 1.165) is 11.1 Å². The van der Waals surface area contributed by atoms with Crippen molar-refractivity contribution in [3.05, 3.63) is 86.3 Å². The molecule has 5 rings (SSSR count). The van der Waals surface area contributed by atoms with E-state index >= 15 is 0 Å². The average Bonchev–Trinajstić information content (AvgIpc) is 3.40. The number of hydrogen-bond acceptors (Lipinski definition) is 6. The molecule has 1 aliphatic carbocycles. The minimum absolute atomic E-state index is 0.119. The van der Waals surface area contributed by atoms with Crippen molar-refractivity contribution in [1.29, 1.82) is 0 Å². The molecule has 3 N–H and O–H groups in total. The van der Waals surface area contributed by atoms with Crippen molar-refractivity contribution in [3.8, 4) is 16.9 Å². The molecule has 38 heavy (non-hydrogen) atoms. The SMILES string of the molecule is CCN(CC)C(=O)c1c2ccc(-c3ccccc3)c1C2n1c2c(c(O)c(C(=O)NCC(=O)O)c1=O)CSC2. The van der Waals surface area contributed by atoms with E-state index in [9.17, 15) is 24.3 Å². The number of carbonyl (C=O) groups excluding carboxylic acids is 2. The molecule has 3 aromatic rings. The van der Waals surface area contributed by atoms with Gasteiger partial charge in [-0.1, -0.05) is 42.5 Å². The van der Waals surface area contributed by atoms with Gasteiger partial charge in [0.1, 0.15) is 17.9 Å². The minimum Gasteiger partial charge on any atom is -0.507 e. The first-order chi connectivity index (χ1) is 18.3. The molecule has 0 saturated heterocycles. The number of thioether (sulfide) groups is 1. The van der Waals surface area contributed by atoms with Crippen LogP contribution in [0.25, 0.3) is 11.1 Å². The molecule has 2 aliphatic rings. The van der Waals surface area contributed by atoms with Crippen LogP contribution in [0, 0.1) is 0 Å². The van der Waals surface area contributed by atoms with E-state index < -0.39 is 41.3 Å². The van der Waals surface area contributed by atoms with Gasteiger partial charge < -0.3 is 20.4 Å². The van der Waals surface area contributed by atoms with Crippen LogP contribution in [0.4, 0.5) is 0 Å². The summed E-state index contributed by atoms with van der Waals surface area (Å²) in [5.41, 5.74) is 3.52. The van der Waals surface area contributed by atoms with Gasteiger partial charge in [-0.25, -0.2) is 0 Å². The summed E-state index contributed by atoms with van der Waals surface area (Å²) in [7, 11) is 0. The third-order valence-corrected chi connectivity index (χ3v) is 8.13.